The third-order valence-corrected chi connectivity index (χ3v) is 3.48. The second-order valence-corrected chi connectivity index (χ2v) is 4.41. The molecule has 2 aliphatic carbocycles. The SMILES string of the molecule is O=c1ccc(=O)c2c(=O)c3cscc3c(=O)c1=2. The van der Waals surface area contributed by atoms with Gasteiger partial charge >= 0.3 is 0 Å². The van der Waals surface area contributed by atoms with Gasteiger partial charge < -0.3 is 0 Å². The van der Waals surface area contributed by atoms with E-state index in [0.29, 0.717) is 0 Å². The Hall–Kier alpha value is -2.14. The zero-order chi connectivity index (χ0) is 12.2. The molecule has 0 saturated heterocycles. The summed E-state index contributed by atoms with van der Waals surface area (Å²) in [5.41, 5.74) is -2.21. The molecule has 1 aromatic heterocycles. The van der Waals surface area contributed by atoms with E-state index >= 15 is 0 Å². The van der Waals surface area contributed by atoms with Gasteiger partial charge in [0.25, 0.3) is 0 Å². The number of fused-ring (bicyclic) bond motifs is 1. The van der Waals surface area contributed by atoms with Crippen LogP contribution in [0.25, 0.3) is 10.8 Å². The van der Waals surface area contributed by atoms with Crippen LogP contribution < -0.4 is 21.7 Å². The average molecular weight is 244 g/mol. The van der Waals surface area contributed by atoms with Crippen molar-refractivity contribution in [2.24, 2.45) is 0 Å². The Morgan fingerprint density at radius 1 is 0.706 bits per heavy atom. The van der Waals surface area contributed by atoms with Gasteiger partial charge in [-0.05, 0) is 12.1 Å². The molecule has 0 bridgehead atoms. The van der Waals surface area contributed by atoms with Gasteiger partial charge in [0.15, 0.2) is 21.7 Å². The van der Waals surface area contributed by atoms with Gasteiger partial charge in [-0.1, -0.05) is 0 Å². The molecular weight excluding hydrogens is 240 g/mol. The maximum Gasteiger partial charge on any atom is 0.199 e. The van der Waals surface area contributed by atoms with Crippen molar-refractivity contribution >= 4 is 22.1 Å². The third-order valence-electron chi connectivity index (χ3n) is 2.73. The van der Waals surface area contributed by atoms with Crippen LogP contribution in [0, 0.1) is 10.4 Å². The third kappa shape index (κ3) is 1.17. The number of hydrogen-bond acceptors (Lipinski definition) is 5. The Balaban J connectivity index is 3.06. The minimum absolute atomic E-state index is 0.218. The van der Waals surface area contributed by atoms with E-state index in [2.05, 4.69) is 0 Å². The van der Waals surface area contributed by atoms with E-state index in [1.165, 1.54) is 22.1 Å². The molecule has 0 atom stereocenters. The molecule has 0 radical (unpaired) electrons. The van der Waals surface area contributed by atoms with E-state index in [1.54, 1.807) is 0 Å². The Labute approximate surface area is 96.7 Å². The fourth-order valence-corrected chi connectivity index (χ4v) is 2.74. The lowest BCUT2D eigenvalue weighted by Crippen LogP contribution is -2.27. The quantitative estimate of drug-likeness (QED) is 0.555. The molecule has 4 nitrogen and oxygen atoms in total. The van der Waals surface area contributed by atoms with Crippen LogP contribution in [0.1, 0.15) is 0 Å². The highest BCUT2D eigenvalue weighted by Crippen LogP contribution is 2.10. The summed E-state index contributed by atoms with van der Waals surface area (Å²) in [4.78, 5) is 47.2. The first kappa shape index (κ1) is 10.0. The molecule has 0 fully saturated rings. The van der Waals surface area contributed by atoms with Gasteiger partial charge in [-0.15, -0.1) is 0 Å². The first-order valence-electron chi connectivity index (χ1n) is 4.78. The van der Waals surface area contributed by atoms with Gasteiger partial charge in [-0.2, -0.15) is 11.3 Å². The van der Waals surface area contributed by atoms with Gasteiger partial charge in [-0.3, -0.25) is 19.2 Å². The zero-order valence-corrected chi connectivity index (χ0v) is 9.17. The van der Waals surface area contributed by atoms with E-state index in [1.807, 2.05) is 0 Å². The second kappa shape index (κ2) is 3.18. The van der Waals surface area contributed by atoms with Gasteiger partial charge in [0, 0.05) is 21.5 Å². The van der Waals surface area contributed by atoms with Crippen molar-refractivity contribution in [2.45, 2.75) is 0 Å². The molecule has 5 heteroatoms. The predicted molar refractivity (Wildman–Crippen MR) is 64.6 cm³/mol. The molecular formula is C12H4O4S. The predicted octanol–water partition coefficient (Wildman–Crippen LogP) is -0.0575. The van der Waals surface area contributed by atoms with Crippen molar-refractivity contribution < 1.29 is 0 Å². The Morgan fingerprint density at radius 3 is 1.53 bits per heavy atom. The molecule has 0 amide bonds. The summed E-state index contributed by atoms with van der Waals surface area (Å²) in [7, 11) is 0. The fraction of sp³-hybridized carbons (Fsp3) is 0. The largest absolute Gasteiger partial charge is 0.289 e. The first-order chi connectivity index (χ1) is 8.11. The Morgan fingerprint density at radius 2 is 1.12 bits per heavy atom. The van der Waals surface area contributed by atoms with Crippen molar-refractivity contribution in [3.8, 4) is 0 Å². The summed E-state index contributed by atoms with van der Waals surface area (Å²) in [6.45, 7) is 0. The summed E-state index contributed by atoms with van der Waals surface area (Å²) < 4.78 is 0. The van der Waals surface area contributed by atoms with Crippen LogP contribution in [0.2, 0.25) is 0 Å². The topological polar surface area (TPSA) is 68.3 Å². The summed E-state index contributed by atoms with van der Waals surface area (Å²) in [5, 5.41) is 2.91. The van der Waals surface area contributed by atoms with E-state index in [-0.39, 0.29) is 21.2 Å². The van der Waals surface area contributed by atoms with Gasteiger partial charge in [0.05, 0.1) is 10.4 Å². The van der Waals surface area contributed by atoms with E-state index in [4.69, 9.17) is 0 Å². The highest BCUT2D eigenvalue weighted by Gasteiger charge is 2.12. The zero-order valence-electron chi connectivity index (χ0n) is 8.35. The van der Waals surface area contributed by atoms with Crippen LogP contribution in [-0.2, 0) is 0 Å². The van der Waals surface area contributed by atoms with Crippen molar-refractivity contribution in [1.82, 2.24) is 0 Å². The van der Waals surface area contributed by atoms with Gasteiger partial charge in [0.1, 0.15) is 0 Å². The molecule has 0 spiro atoms. The smallest absolute Gasteiger partial charge is 0.199 e. The van der Waals surface area contributed by atoms with E-state index in [9.17, 15) is 19.2 Å². The molecule has 1 aromatic rings. The number of rotatable bonds is 0. The standard InChI is InChI=1S/C12H4O4S/c13-7-1-2-8(14)10-9(7)11(15)5-3-17-4-6(5)12(10)16/h1-4H. The van der Waals surface area contributed by atoms with E-state index < -0.39 is 21.7 Å². The molecule has 17 heavy (non-hydrogen) atoms. The normalized spacial score (nSPS) is 11.3. The maximum atomic E-state index is 12.0. The lowest BCUT2D eigenvalue weighted by atomic mass is 10.1. The van der Waals surface area contributed by atoms with Gasteiger partial charge in [-0.25, -0.2) is 0 Å². The van der Waals surface area contributed by atoms with Crippen LogP contribution in [-0.4, -0.2) is 0 Å². The molecule has 1 heterocycles. The highest BCUT2D eigenvalue weighted by molar-refractivity contribution is 7.09. The molecule has 0 unspecified atom stereocenters. The summed E-state index contributed by atoms with van der Waals surface area (Å²) in [6, 6.07) is 2.06. The van der Waals surface area contributed by atoms with Gasteiger partial charge in [0.2, 0.25) is 0 Å². The minimum Gasteiger partial charge on any atom is -0.289 e. The van der Waals surface area contributed by atoms with Crippen LogP contribution in [0.4, 0.5) is 0 Å². The molecule has 82 valence electrons. The summed E-state index contributed by atoms with van der Waals surface area (Å²) in [5.74, 6) is 0. The second-order valence-electron chi connectivity index (χ2n) is 3.67. The fourth-order valence-electron chi connectivity index (χ4n) is 1.93. The molecule has 0 aromatic carbocycles. The molecule has 0 N–H and O–H groups in total. The maximum absolute atomic E-state index is 12.0. The monoisotopic (exact) mass is 244 g/mol. The Bertz CT molecular complexity index is 925. The minimum atomic E-state index is -0.574. The Kier molecular flexibility index (Phi) is 1.88. The highest BCUT2D eigenvalue weighted by atomic mass is 32.1. The van der Waals surface area contributed by atoms with Crippen LogP contribution in [0.3, 0.4) is 0 Å². The number of hydrogen-bond donors (Lipinski definition) is 0. The summed E-state index contributed by atoms with van der Waals surface area (Å²) in [6.07, 6.45) is 0. The van der Waals surface area contributed by atoms with Crippen LogP contribution in [0.15, 0.2) is 42.1 Å². The molecule has 0 aliphatic heterocycles. The van der Waals surface area contributed by atoms with Crippen molar-refractivity contribution in [3.05, 3.63) is 74.2 Å². The van der Waals surface area contributed by atoms with E-state index in [0.717, 1.165) is 12.1 Å². The molecule has 3 rings (SSSR count). The number of thiophene rings is 1. The summed E-state index contributed by atoms with van der Waals surface area (Å²) >= 11 is 1.20. The lowest BCUT2D eigenvalue weighted by Gasteiger charge is -1.90. The van der Waals surface area contributed by atoms with Crippen molar-refractivity contribution in [3.63, 3.8) is 0 Å². The molecule has 2 aliphatic rings. The lowest BCUT2D eigenvalue weighted by molar-refractivity contribution is 1.31. The first-order valence-corrected chi connectivity index (χ1v) is 5.72. The van der Waals surface area contributed by atoms with Crippen LogP contribution in [0.5, 0.6) is 0 Å². The van der Waals surface area contributed by atoms with Crippen molar-refractivity contribution in [1.29, 1.82) is 0 Å². The molecule has 0 saturated carbocycles. The average Bonchev–Trinajstić information content (AvgIpc) is 2.78. The van der Waals surface area contributed by atoms with Crippen LogP contribution >= 0.6 is 11.3 Å². The van der Waals surface area contributed by atoms with Crippen molar-refractivity contribution in [2.75, 3.05) is 0 Å².